The van der Waals surface area contributed by atoms with Gasteiger partial charge in [-0.3, -0.25) is 0 Å². The van der Waals surface area contributed by atoms with Crippen molar-refractivity contribution in [3.05, 3.63) is 35.9 Å². The minimum Gasteiger partial charge on any atom is -0.0654 e. The second-order valence-corrected chi connectivity index (χ2v) is 5.69. The van der Waals surface area contributed by atoms with E-state index < -0.39 is 0 Å². The van der Waals surface area contributed by atoms with E-state index in [1.807, 2.05) is 0 Å². The molecule has 0 unspecified atom stereocenters. The molecular formula is C18H30. The number of unbranched alkanes of at least 4 members (excludes halogenated alkanes) is 5. The Morgan fingerprint density at radius 2 is 1.50 bits per heavy atom. The standard InChI is InChI=1S/C18H30/c1-3-4-5-6-7-9-12-17(2)15-16-18-13-10-8-11-14-18/h8,10-11,13-14,17H,3-7,9,12,15-16H2,1-2H3/t17-/m1/s1. The van der Waals surface area contributed by atoms with Crippen molar-refractivity contribution in [1.82, 2.24) is 0 Å². The van der Waals surface area contributed by atoms with Crippen LogP contribution in [0.15, 0.2) is 30.3 Å². The number of hydrogen-bond acceptors (Lipinski definition) is 0. The molecule has 1 aromatic carbocycles. The van der Waals surface area contributed by atoms with Gasteiger partial charge in [0.25, 0.3) is 0 Å². The van der Waals surface area contributed by atoms with Gasteiger partial charge in [-0.05, 0) is 24.3 Å². The lowest BCUT2D eigenvalue weighted by molar-refractivity contribution is 0.456. The molecule has 0 amide bonds. The van der Waals surface area contributed by atoms with Crippen molar-refractivity contribution in [2.75, 3.05) is 0 Å². The molecular weight excluding hydrogens is 216 g/mol. The molecule has 0 aliphatic rings. The summed E-state index contributed by atoms with van der Waals surface area (Å²) in [7, 11) is 0. The van der Waals surface area contributed by atoms with Crippen LogP contribution >= 0.6 is 0 Å². The molecule has 18 heavy (non-hydrogen) atoms. The van der Waals surface area contributed by atoms with Crippen LogP contribution in [0.2, 0.25) is 0 Å². The number of hydrogen-bond donors (Lipinski definition) is 0. The van der Waals surface area contributed by atoms with E-state index in [0.29, 0.717) is 0 Å². The van der Waals surface area contributed by atoms with Crippen molar-refractivity contribution in [2.24, 2.45) is 5.92 Å². The normalized spacial score (nSPS) is 12.6. The van der Waals surface area contributed by atoms with E-state index in [1.165, 1.54) is 63.4 Å². The summed E-state index contributed by atoms with van der Waals surface area (Å²) in [6, 6.07) is 10.9. The largest absolute Gasteiger partial charge is 0.0654 e. The predicted molar refractivity (Wildman–Crippen MR) is 81.9 cm³/mol. The van der Waals surface area contributed by atoms with E-state index >= 15 is 0 Å². The molecule has 0 heteroatoms. The summed E-state index contributed by atoms with van der Waals surface area (Å²) in [6.45, 7) is 4.70. The van der Waals surface area contributed by atoms with Crippen molar-refractivity contribution >= 4 is 0 Å². The molecule has 0 aliphatic heterocycles. The Bertz CT molecular complexity index is 275. The van der Waals surface area contributed by atoms with Crippen molar-refractivity contribution in [3.63, 3.8) is 0 Å². The average Bonchev–Trinajstić information content (AvgIpc) is 2.41. The van der Waals surface area contributed by atoms with E-state index in [2.05, 4.69) is 44.2 Å². The molecule has 0 aromatic heterocycles. The number of rotatable bonds is 10. The van der Waals surface area contributed by atoms with Gasteiger partial charge in [-0.1, -0.05) is 89.1 Å². The van der Waals surface area contributed by atoms with Gasteiger partial charge in [0.05, 0.1) is 0 Å². The van der Waals surface area contributed by atoms with Crippen LogP contribution in [0.5, 0.6) is 0 Å². The van der Waals surface area contributed by atoms with E-state index in [9.17, 15) is 0 Å². The Balaban J connectivity index is 1.99. The van der Waals surface area contributed by atoms with Gasteiger partial charge in [-0.15, -0.1) is 0 Å². The van der Waals surface area contributed by atoms with Crippen molar-refractivity contribution in [1.29, 1.82) is 0 Å². The van der Waals surface area contributed by atoms with Crippen molar-refractivity contribution in [2.45, 2.75) is 71.6 Å². The monoisotopic (exact) mass is 246 g/mol. The highest BCUT2D eigenvalue weighted by Gasteiger charge is 2.02. The van der Waals surface area contributed by atoms with Gasteiger partial charge >= 0.3 is 0 Å². The summed E-state index contributed by atoms with van der Waals surface area (Å²) < 4.78 is 0. The highest BCUT2D eigenvalue weighted by atomic mass is 14.1. The van der Waals surface area contributed by atoms with E-state index in [-0.39, 0.29) is 0 Å². The highest BCUT2D eigenvalue weighted by molar-refractivity contribution is 5.14. The second kappa shape index (κ2) is 10.2. The Morgan fingerprint density at radius 1 is 0.833 bits per heavy atom. The molecule has 1 atom stereocenters. The van der Waals surface area contributed by atoms with Crippen LogP contribution in [-0.4, -0.2) is 0 Å². The molecule has 0 bridgehead atoms. The van der Waals surface area contributed by atoms with Gasteiger partial charge in [-0.25, -0.2) is 0 Å². The number of aryl methyl sites for hydroxylation is 1. The van der Waals surface area contributed by atoms with Crippen LogP contribution < -0.4 is 0 Å². The van der Waals surface area contributed by atoms with Gasteiger partial charge in [0.1, 0.15) is 0 Å². The molecule has 0 nitrogen and oxygen atoms in total. The smallest absolute Gasteiger partial charge is 0.0276 e. The zero-order chi connectivity index (χ0) is 13.1. The first-order chi connectivity index (χ1) is 8.83. The summed E-state index contributed by atoms with van der Waals surface area (Å²) in [5.41, 5.74) is 1.49. The Morgan fingerprint density at radius 3 is 2.22 bits per heavy atom. The van der Waals surface area contributed by atoms with Gasteiger partial charge in [0.15, 0.2) is 0 Å². The molecule has 0 radical (unpaired) electrons. The lowest BCUT2D eigenvalue weighted by Crippen LogP contribution is -1.97. The quantitative estimate of drug-likeness (QED) is 0.444. The van der Waals surface area contributed by atoms with E-state index in [4.69, 9.17) is 0 Å². The third kappa shape index (κ3) is 7.53. The first-order valence-electron chi connectivity index (χ1n) is 7.87. The van der Waals surface area contributed by atoms with Crippen LogP contribution in [-0.2, 0) is 6.42 Å². The maximum Gasteiger partial charge on any atom is -0.0276 e. The van der Waals surface area contributed by atoms with Crippen molar-refractivity contribution < 1.29 is 0 Å². The minimum absolute atomic E-state index is 0.886. The van der Waals surface area contributed by atoms with Crippen LogP contribution in [0, 0.1) is 5.92 Å². The van der Waals surface area contributed by atoms with Gasteiger partial charge in [0, 0.05) is 0 Å². The zero-order valence-corrected chi connectivity index (χ0v) is 12.3. The molecule has 0 saturated carbocycles. The molecule has 102 valence electrons. The van der Waals surface area contributed by atoms with Gasteiger partial charge < -0.3 is 0 Å². The molecule has 0 heterocycles. The molecule has 1 aromatic rings. The second-order valence-electron chi connectivity index (χ2n) is 5.69. The third-order valence-corrected chi connectivity index (χ3v) is 3.82. The lowest BCUT2D eigenvalue weighted by atomic mass is 9.95. The predicted octanol–water partition coefficient (Wildman–Crippen LogP) is 6.01. The molecule has 0 spiro atoms. The summed E-state index contributed by atoms with van der Waals surface area (Å²) >= 11 is 0. The van der Waals surface area contributed by atoms with Crippen LogP contribution in [0.1, 0.15) is 70.8 Å². The molecule has 0 fully saturated rings. The summed E-state index contributed by atoms with van der Waals surface area (Å²) in [6.07, 6.45) is 12.5. The van der Waals surface area contributed by atoms with Crippen molar-refractivity contribution in [3.8, 4) is 0 Å². The first kappa shape index (κ1) is 15.3. The first-order valence-corrected chi connectivity index (χ1v) is 7.87. The fourth-order valence-electron chi connectivity index (χ4n) is 2.48. The third-order valence-electron chi connectivity index (χ3n) is 3.82. The van der Waals surface area contributed by atoms with Gasteiger partial charge in [-0.2, -0.15) is 0 Å². The van der Waals surface area contributed by atoms with E-state index in [0.717, 1.165) is 5.92 Å². The molecule has 0 saturated heterocycles. The Kier molecular flexibility index (Phi) is 8.63. The van der Waals surface area contributed by atoms with E-state index in [1.54, 1.807) is 0 Å². The fraction of sp³-hybridized carbons (Fsp3) is 0.667. The summed E-state index contributed by atoms with van der Waals surface area (Å²) in [5, 5.41) is 0. The average molecular weight is 246 g/mol. The van der Waals surface area contributed by atoms with Gasteiger partial charge in [0.2, 0.25) is 0 Å². The summed E-state index contributed by atoms with van der Waals surface area (Å²) in [4.78, 5) is 0. The molecule has 0 aliphatic carbocycles. The Labute approximate surface area is 114 Å². The molecule has 1 rings (SSSR count). The minimum atomic E-state index is 0.886. The maximum atomic E-state index is 2.41. The fourth-order valence-corrected chi connectivity index (χ4v) is 2.48. The molecule has 0 N–H and O–H groups in total. The summed E-state index contributed by atoms with van der Waals surface area (Å²) in [5.74, 6) is 0.886. The Hall–Kier alpha value is -0.780. The number of benzene rings is 1. The maximum absolute atomic E-state index is 2.41. The van der Waals surface area contributed by atoms with Crippen LogP contribution in [0.4, 0.5) is 0 Å². The van der Waals surface area contributed by atoms with Crippen LogP contribution in [0.3, 0.4) is 0 Å². The topological polar surface area (TPSA) is 0 Å². The highest BCUT2D eigenvalue weighted by Crippen LogP contribution is 2.17. The lowest BCUT2D eigenvalue weighted by Gasteiger charge is -2.11. The zero-order valence-electron chi connectivity index (χ0n) is 12.3. The van der Waals surface area contributed by atoms with Crippen LogP contribution in [0.25, 0.3) is 0 Å². The SMILES string of the molecule is CCCCCCCC[C@@H](C)CCc1ccccc1.